The molecule has 0 heterocycles. The van der Waals surface area contributed by atoms with Crippen LogP contribution in [0.5, 0.6) is 0 Å². The van der Waals surface area contributed by atoms with Crippen LogP contribution in [0, 0.1) is 0 Å². The van der Waals surface area contributed by atoms with Crippen molar-refractivity contribution in [2.24, 2.45) is 0 Å². The molecule has 11 heavy (non-hydrogen) atoms. The molecule has 0 aliphatic carbocycles. The van der Waals surface area contributed by atoms with Crippen molar-refractivity contribution in [3.8, 4) is 0 Å². The highest BCUT2D eigenvalue weighted by Crippen LogP contribution is 1.83. The molecule has 0 atom stereocenters. The second kappa shape index (κ2) is 4.14. The molecule has 1 amide bonds. The van der Waals surface area contributed by atoms with Crippen LogP contribution in [0.2, 0.25) is 0 Å². The Hall–Kier alpha value is -0.820. The van der Waals surface area contributed by atoms with Gasteiger partial charge in [0, 0.05) is 6.54 Å². The number of nitrogens with one attached hydrogen (secondary N) is 1. The number of carbonyl (C=O) groups is 1. The maximum atomic E-state index is 10.3. The van der Waals surface area contributed by atoms with E-state index in [0.717, 1.165) is 6.26 Å². The van der Waals surface area contributed by atoms with Crippen LogP contribution in [-0.2, 0) is 14.3 Å². The molecule has 0 aliphatic rings. The summed E-state index contributed by atoms with van der Waals surface area (Å²) in [4.78, 5) is 9.81. The minimum Gasteiger partial charge on any atom is -0.465 e. The molecular formula is C4H9NO5S. The predicted molar refractivity (Wildman–Crippen MR) is 36.8 cm³/mol. The molecule has 2 N–H and O–H groups in total. The van der Waals surface area contributed by atoms with Crippen molar-refractivity contribution in [2.75, 3.05) is 19.4 Å². The summed E-state index contributed by atoms with van der Waals surface area (Å²) in [5, 5.41) is 9.97. The molecule has 7 heteroatoms. The Balaban J connectivity index is 3.37. The number of rotatable bonds is 4. The van der Waals surface area contributed by atoms with E-state index >= 15 is 0 Å². The molecule has 0 fully saturated rings. The van der Waals surface area contributed by atoms with Crippen LogP contribution < -0.4 is 5.32 Å². The van der Waals surface area contributed by atoms with Gasteiger partial charge >= 0.3 is 6.09 Å². The fourth-order valence-corrected chi connectivity index (χ4v) is 0.737. The summed E-state index contributed by atoms with van der Waals surface area (Å²) < 4.78 is 24.8. The van der Waals surface area contributed by atoms with E-state index < -0.39 is 16.2 Å². The van der Waals surface area contributed by atoms with Crippen LogP contribution in [0.15, 0.2) is 0 Å². The van der Waals surface area contributed by atoms with Crippen LogP contribution in [0.4, 0.5) is 4.79 Å². The van der Waals surface area contributed by atoms with Crippen molar-refractivity contribution in [3.05, 3.63) is 0 Å². The number of amides is 1. The van der Waals surface area contributed by atoms with Gasteiger partial charge in [-0.3, -0.25) is 4.18 Å². The van der Waals surface area contributed by atoms with Crippen LogP contribution in [-0.4, -0.2) is 39.0 Å². The minimum absolute atomic E-state index is 0.0393. The largest absolute Gasteiger partial charge is 0.465 e. The number of hydrogen-bond donors (Lipinski definition) is 2. The lowest BCUT2D eigenvalue weighted by molar-refractivity contribution is 0.191. The number of carboxylic acid groups (broad SMARTS) is 1. The van der Waals surface area contributed by atoms with Gasteiger partial charge in [0.1, 0.15) is 0 Å². The van der Waals surface area contributed by atoms with Gasteiger partial charge in [0.05, 0.1) is 12.9 Å². The molecule has 0 radical (unpaired) electrons. The fraction of sp³-hybridized carbons (Fsp3) is 0.750. The lowest BCUT2D eigenvalue weighted by atomic mass is 10.7. The SMILES string of the molecule is CS(=O)(=O)OCCNC(=O)O. The third-order valence-electron chi connectivity index (χ3n) is 0.676. The molecule has 0 rings (SSSR count). The first-order valence-electron chi connectivity index (χ1n) is 2.73. The van der Waals surface area contributed by atoms with Crippen LogP contribution in [0.3, 0.4) is 0 Å². The zero-order chi connectivity index (χ0) is 8.91. The van der Waals surface area contributed by atoms with Gasteiger partial charge in [-0.05, 0) is 0 Å². The third-order valence-corrected chi connectivity index (χ3v) is 1.27. The van der Waals surface area contributed by atoms with Crippen molar-refractivity contribution in [3.63, 3.8) is 0 Å². The first-order valence-corrected chi connectivity index (χ1v) is 4.54. The molecule has 0 aromatic heterocycles. The van der Waals surface area contributed by atoms with Gasteiger partial charge in [0.2, 0.25) is 0 Å². The standard InChI is InChI=1S/C4H9NO5S/c1-11(8,9)10-3-2-5-4(6)7/h5H,2-3H2,1H3,(H,6,7). The first kappa shape index (κ1) is 10.2. The Labute approximate surface area is 64.3 Å². The van der Waals surface area contributed by atoms with Crippen molar-refractivity contribution in [1.29, 1.82) is 0 Å². The molecule has 0 aromatic carbocycles. The van der Waals surface area contributed by atoms with Crippen molar-refractivity contribution >= 4 is 16.2 Å². The third kappa shape index (κ3) is 9.18. The van der Waals surface area contributed by atoms with Gasteiger partial charge < -0.3 is 10.4 Å². The summed E-state index contributed by atoms with van der Waals surface area (Å²) in [5.41, 5.74) is 0. The minimum atomic E-state index is -3.45. The summed E-state index contributed by atoms with van der Waals surface area (Å²) in [7, 11) is -3.45. The average molecular weight is 183 g/mol. The van der Waals surface area contributed by atoms with Crippen molar-refractivity contribution < 1.29 is 22.5 Å². The second-order valence-corrected chi connectivity index (χ2v) is 3.40. The van der Waals surface area contributed by atoms with Gasteiger partial charge in [-0.2, -0.15) is 8.42 Å². The molecule has 0 spiro atoms. The monoisotopic (exact) mass is 183 g/mol. The van der Waals surface area contributed by atoms with Gasteiger partial charge in [-0.1, -0.05) is 0 Å². The second-order valence-electron chi connectivity index (χ2n) is 1.76. The Morgan fingerprint density at radius 1 is 1.64 bits per heavy atom. The van der Waals surface area contributed by atoms with E-state index in [9.17, 15) is 13.2 Å². The Morgan fingerprint density at radius 3 is 2.55 bits per heavy atom. The van der Waals surface area contributed by atoms with Gasteiger partial charge in [0.15, 0.2) is 0 Å². The van der Waals surface area contributed by atoms with E-state index in [1.165, 1.54) is 0 Å². The average Bonchev–Trinajstić information content (AvgIpc) is 1.78. The Morgan fingerprint density at radius 2 is 2.18 bits per heavy atom. The number of hydrogen-bond acceptors (Lipinski definition) is 4. The molecule has 6 nitrogen and oxygen atoms in total. The summed E-state index contributed by atoms with van der Waals surface area (Å²) >= 11 is 0. The quantitative estimate of drug-likeness (QED) is 0.441. The molecule has 0 aromatic rings. The van der Waals surface area contributed by atoms with E-state index in [4.69, 9.17) is 5.11 Å². The maximum absolute atomic E-state index is 10.3. The highest BCUT2D eigenvalue weighted by Gasteiger charge is 2.00. The Bertz CT molecular complexity index is 221. The topological polar surface area (TPSA) is 92.7 Å². The normalized spacial score (nSPS) is 11.0. The van der Waals surface area contributed by atoms with Gasteiger partial charge in [-0.25, -0.2) is 4.79 Å². The summed E-state index contributed by atoms with van der Waals surface area (Å²) in [6, 6.07) is 0. The molecular weight excluding hydrogens is 174 g/mol. The zero-order valence-corrected chi connectivity index (χ0v) is 6.72. The van der Waals surface area contributed by atoms with E-state index in [1.807, 2.05) is 5.32 Å². The lowest BCUT2D eigenvalue weighted by Crippen LogP contribution is -2.25. The van der Waals surface area contributed by atoms with Crippen LogP contribution in [0.1, 0.15) is 0 Å². The molecule has 0 bridgehead atoms. The smallest absolute Gasteiger partial charge is 0.404 e. The van der Waals surface area contributed by atoms with Gasteiger partial charge in [0.25, 0.3) is 10.1 Å². The van der Waals surface area contributed by atoms with Crippen molar-refractivity contribution in [2.45, 2.75) is 0 Å². The van der Waals surface area contributed by atoms with Crippen LogP contribution in [0.25, 0.3) is 0 Å². The van der Waals surface area contributed by atoms with Crippen molar-refractivity contribution in [1.82, 2.24) is 5.32 Å². The molecule has 0 saturated heterocycles. The summed E-state index contributed by atoms with van der Waals surface area (Å²) in [6.45, 7) is -0.215. The summed E-state index contributed by atoms with van der Waals surface area (Å²) in [5.74, 6) is 0. The lowest BCUT2D eigenvalue weighted by Gasteiger charge is -1.99. The molecule has 0 saturated carbocycles. The van der Waals surface area contributed by atoms with E-state index in [-0.39, 0.29) is 13.2 Å². The first-order chi connectivity index (χ1) is 4.92. The van der Waals surface area contributed by atoms with E-state index in [0.29, 0.717) is 0 Å². The Kier molecular flexibility index (Phi) is 3.83. The zero-order valence-electron chi connectivity index (χ0n) is 5.90. The highest BCUT2D eigenvalue weighted by atomic mass is 32.2. The summed E-state index contributed by atoms with van der Waals surface area (Å²) in [6.07, 6.45) is -0.310. The highest BCUT2D eigenvalue weighted by molar-refractivity contribution is 7.85. The van der Waals surface area contributed by atoms with E-state index in [1.54, 1.807) is 0 Å². The maximum Gasteiger partial charge on any atom is 0.404 e. The molecule has 0 unspecified atom stereocenters. The fourth-order valence-electron chi connectivity index (χ4n) is 0.351. The molecule has 66 valence electrons. The van der Waals surface area contributed by atoms with E-state index in [2.05, 4.69) is 4.18 Å². The predicted octanol–water partition coefficient (Wildman–Crippen LogP) is -0.770. The van der Waals surface area contributed by atoms with Gasteiger partial charge in [-0.15, -0.1) is 0 Å². The van der Waals surface area contributed by atoms with Crippen LogP contribution >= 0.6 is 0 Å². The molecule has 0 aliphatic heterocycles.